The van der Waals surface area contributed by atoms with E-state index < -0.39 is 0 Å². The Morgan fingerprint density at radius 2 is 2.11 bits per heavy atom. The van der Waals surface area contributed by atoms with Crippen LogP contribution in [0.4, 0.5) is 0 Å². The van der Waals surface area contributed by atoms with E-state index in [4.69, 9.17) is 10.3 Å². The summed E-state index contributed by atoms with van der Waals surface area (Å²) >= 11 is 5.02. The van der Waals surface area contributed by atoms with Gasteiger partial charge in [0.05, 0.1) is 4.88 Å². The highest BCUT2D eigenvalue weighted by atomic mass is 79.9. The second kappa shape index (κ2) is 7.01. The van der Waals surface area contributed by atoms with Gasteiger partial charge in [-0.1, -0.05) is 18.0 Å². The smallest absolute Gasteiger partial charge is 0.226 e. The van der Waals surface area contributed by atoms with Crippen LogP contribution in [0.15, 0.2) is 20.4 Å². The van der Waals surface area contributed by atoms with Crippen molar-refractivity contribution in [1.29, 1.82) is 0 Å². The van der Waals surface area contributed by atoms with E-state index in [1.54, 1.807) is 11.3 Å². The lowest BCUT2D eigenvalue weighted by Gasteiger charge is -1.95. The van der Waals surface area contributed by atoms with Crippen LogP contribution >= 0.6 is 27.3 Å². The molecule has 18 heavy (non-hydrogen) atoms. The van der Waals surface area contributed by atoms with Crippen molar-refractivity contribution >= 4 is 27.3 Å². The van der Waals surface area contributed by atoms with E-state index in [-0.39, 0.29) is 0 Å². The van der Waals surface area contributed by atoms with Gasteiger partial charge in [-0.3, -0.25) is 0 Å². The quantitative estimate of drug-likeness (QED) is 0.788. The Balaban J connectivity index is 1.83. The zero-order valence-corrected chi connectivity index (χ0v) is 12.5. The molecule has 2 aromatic rings. The van der Waals surface area contributed by atoms with Gasteiger partial charge in [0.2, 0.25) is 11.7 Å². The molecule has 0 aromatic carbocycles. The molecule has 0 aliphatic rings. The lowest BCUT2D eigenvalue weighted by molar-refractivity contribution is 0.374. The van der Waals surface area contributed by atoms with Crippen molar-refractivity contribution in [2.75, 3.05) is 6.54 Å². The van der Waals surface area contributed by atoms with Crippen LogP contribution in [-0.2, 0) is 6.42 Å². The van der Waals surface area contributed by atoms with Gasteiger partial charge in [0.25, 0.3) is 0 Å². The number of aryl methyl sites for hydroxylation is 1. The highest BCUT2D eigenvalue weighted by Crippen LogP contribution is 2.27. The van der Waals surface area contributed by atoms with Crippen LogP contribution in [0, 0.1) is 0 Å². The van der Waals surface area contributed by atoms with E-state index in [0.717, 1.165) is 41.0 Å². The van der Waals surface area contributed by atoms with Crippen molar-refractivity contribution in [3.8, 4) is 10.7 Å². The van der Waals surface area contributed by atoms with Crippen molar-refractivity contribution in [3.63, 3.8) is 0 Å². The van der Waals surface area contributed by atoms with Crippen molar-refractivity contribution < 1.29 is 4.52 Å². The summed E-state index contributed by atoms with van der Waals surface area (Å²) in [7, 11) is 0. The molecule has 0 aliphatic carbocycles. The van der Waals surface area contributed by atoms with E-state index in [9.17, 15) is 0 Å². The Morgan fingerprint density at radius 3 is 2.83 bits per heavy atom. The van der Waals surface area contributed by atoms with Gasteiger partial charge in [0.1, 0.15) is 0 Å². The number of halogens is 1. The first-order valence-electron chi connectivity index (χ1n) is 6.06. The van der Waals surface area contributed by atoms with E-state index in [1.165, 1.54) is 12.8 Å². The molecule has 0 fully saturated rings. The third kappa shape index (κ3) is 3.90. The number of nitrogens with zero attached hydrogens (tertiary/aromatic N) is 2. The molecule has 6 heteroatoms. The van der Waals surface area contributed by atoms with E-state index >= 15 is 0 Å². The molecule has 0 unspecified atom stereocenters. The van der Waals surface area contributed by atoms with Gasteiger partial charge < -0.3 is 10.3 Å². The Labute approximate surface area is 119 Å². The van der Waals surface area contributed by atoms with E-state index in [0.29, 0.717) is 5.82 Å². The van der Waals surface area contributed by atoms with Gasteiger partial charge in [0.15, 0.2) is 0 Å². The minimum absolute atomic E-state index is 0.683. The molecule has 0 spiro atoms. The largest absolute Gasteiger partial charge is 0.339 e. The summed E-state index contributed by atoms with van der Waals surface area (Å²) in [5.74, 6) is 1.41. The van der Waals surface area contributed by atoms with E-state index in [2.05, 4.69) is 26.1 Å². The summed E-state index contributed by atoms with van der Waals surface area (Å²) in [4.78, 5) is 5.43. The van der Waals surface area contributed by atoms with Gasteiger partial charge in [-0.05, 0) is 41.4 Å². The number of hydrogen-bond donors (Lipinski definition) is 1. The summed E-state index contributed by atoms with van der Waals surface area (Å²) in [6.45, 7) is 0.776. The van der Waals surface area contributed by atoms with Crippen LogP contribution < -0.4 is 5.73 Å². The summed E-state index contributed by atoms with van der Waals surface area (Å²) in [5.41, 5.74) is 5.45. The van der Waals surface area contributed by atoms with Crippen molar-refractivity contribution in [3.05, 3.63) is 21.8 Å². The second-order valence-corrected chi connectivity index (χ2v) is 5.92. The number of hydrogen-bond acceptors (Lipinski definition) is 5. The summed E-state index contributed by atoms with van der Waals surface area (Å²) in [6.07, 6.45) is 5.37. The maximum Gasteiger partial charge on any atom is 0.226 e. The fourth-order valence-electron chi connectivity index (χ4n) is 1.66. The molecular formula is C12H16BrN3OS. The van der Waals surface area contributed by atoms with Gasteiger partial charge in [-0.25, -0.2) is 0 Å². The molecule has 2 N–H and O–H groups in total. The Hall–Kier alpha value is -0.720. The van der Waals surface area contributed by atoms with Crippen molar-refractivity contribution in [1.82, 2.24) is 10.1 Å². The zero-order valence-electron chi connectivity index (χ0n) is 10.1. The highest BCUT2D eigenvalue weighted by molar-refractivity contribution is 9.10. The highest BCUT2D eigenvalue weighted by Gasteiger charge is 2.10. The minimum Gasteiger partial charge on any atom is -0.339 e. The molecule has 98 valence electrons. The lowest BCUT2D eigenvalue weighted by Crippen LogP contribution is -1.97. The first-order chi connectivity index (χ1) is 8.79. The molecule has 0 amide bonds. The number of aromatic nitrogens is 2. The Morgan fingerprint density at radius 1 is 1.28 bits per heavy atom. The predicted octanol–water partition coefficient (Wildman–Crippen LogP) is 3.62. The van der Waals surface area contributed by atoms with E-state index in [1.807, 2.05) is 11.4 Å². The van der Waals surface area contributed by atoms with Gasteiger partial charge in [0, 0.05) is 16.3 Å². The number of thiophene rings is 1. The molecule has 0 saturated carbocycles. The number of nitrogens with two attached hydrogens (primary N) is 1. The maximum atomic E-state index is 5.45. The third-order valence-electron chi connectivity index (χ3n) is 2.60. The fourth-order valence-corrected chi connectivity index (χ4v) is 3.01. The van der Waals surface area contributed by atoms with Crippen LogP contribution in [-0.4, -0.2) is 16.7 Å². The van der Waals surface area contributed by atoms with Crippen molar-refractivity contribution in [2.24, 2.45) is 5.73 Å². The van der Waals surface area contributed by atoms with Gasteiger partial charge in [-0.2, -0.15) is 4.98 Å². The number of rotatable bonds is 7. The average Bonchev–Trinajstić information content (AvgIpc) is 2.97. The SMILES string of the molecule is NCCCCCCc1nc(-c2cc(Br)cs2)no1. The standard InChI is InChI=1S/C12H16BrN3OS/c13-9-7-10(18-8-9)12-15-11(17-16-12)5-3-1-2-4-6-14/h7-8H,1-6,14H2. The van der Waals surface area contributed by atoms with Crippen LogP contribution in [0.25, 0.3) is 10.7 Å². The molecule has 0 aliphatic heterocycles. The van der Waals surface area contributed by atoms with Crippen LogP contribution in [0.1, 0.15) is 31.6 Å². The van der Waals surface area contributed by atoms with Gasteiger partial charge >= 0.3 is 0 Å². The molecule has 0 saturated heterocycles. The third-order valence-corrected chi connectivity index (χ3v) is 4.29. The topological polar surface area (TPSA) is 64.9 Å². The molecule has 2 rings (SSSR count). The normalized spacial score (nSPS) is 11.0. The molecule has 0 radical (unpaired) electrons. The molecule has 0 atom stereocenters. The molecule has 0 bridgehead atoms. The molecule has 2 aromatic heterocycles. The molecule has 2 heterocycles. The first-order valence-corrected chi connectivity index (χ1v) is 7.74. The van der Waals surface area contributed by atoms with Crippen LogP contribution in [0.2, 0.25) is 0 Å². The van der Waals surface area contributed by atoms with Crippen LogP contribution in [0.3, 0.4) is 0 Å². The Bertz CT molecular complexity index is 483. The predicted molar refractivity (Wildman–Crippen MR) is 76.5 cm³/mol. The summed E-state index contributed by atoms with van der Waals surface area (Å²) in [5, 5.41) is 6.01. The second-order valence-electron chi connectivity index (χ2n) is 4.09. The fraction of sp³-hybridized carbons (Fsp3) is 0.500. The minimum atomic E-state index is 0.683. The monoisotopic (exact) mass is 329 g/mol. The maximum absolute atomic E-state index is 5.45. The molecular weight excluding hydrogens is 314 g/mol. The van der Waals surface area contributed by atoms with Crippen LogP contribution in [0.5, 0.6) is 0 Å². The Kier molecular flexibility index (Phi) is 5.34. The summed E-state index contributed by atoms with van der Waals surface area (Å²) < 4.78 is 6.29. The average molecular weight is 330 g/mol. The van der Waals surface area contributed by atoms with Crippen molar-refractivity contribution in [2.45, 2.75) is 32.1 Å². The first kappa shape index (κ1) is 13.7. The lowest BCUT2D eigenvalue weighted by atomic mass is 10.1. The van der Waals surface area contributed by atoms with Gasteiger partial charge in [-0.15, -0.1) is 11.3 Å². The number of unbranched alkanes of at least 4 members (excludes halogenated alkanes) is 3. The molecule has 4 nitrogen and oxygen atoms in total. The summed E-state index contributed by atoms with van der Waals surface area (Å²) in [6, 6.07) is 2.00. The zero-order chi connectivity index (χ0) is 12.8.